The van der Waals surface area contributed by atoms with Crippen molar-refractivity contribution in [2.75, 3.05) is 20.1 Å². The minimum Gasteiger partial charge on any atom is -0.357 e. The molecule has 2 aromatic rings. The predicted molar refractivity (Wildman–Crippen MR) is 271 cm³/mol. The minimum atomic E-state index is -1.49. The summed E-state index contributed by atoms with van der Waals surface area (Å²) in [7, 11) is 1.45. The van der Waals surface area contributed by atoms with Crippen molar-refractivity contribution in [3.05, 3.63) is 70.8 Å². The number of ketones is 1. The van der Waals surface area contributed by atoms with Crippen LogP contribution in [0.15, 0.2) is 48.5 Å². The summed E-state index contributed by atoms with van der Waals surface area (Å²) < 4.78 is 0. The number of likely N-dealkylation sites (N-methyl/N-ethyl adjacent to an activating group) is 1. The van der Waals surface area contributed by atoms with E-state index in [-0.39, 0.29) is 31.1 Å². The highest BCUT2D eigenvalue weighted by atomic mass is 16.2. The van der Waals surface area contributed by atoms with Crippen LogP contribution >= 0.6 is 0 Å². The van der Waals surface area contributed by atoms with Crippen LogP contribution in [-0.4, -0.2) is 132 Å². The van der Waals surface area contributed by atoms with Crippen LogP contribution < -0.4 is 48.3 Å². The molecule has 72 heavy (non-hydrogen) atoms. The Hall–Kier alpha value is -6.70. The van der Waals surface area contributed by atoms with Gasteiger partial charge in [-0.05, 0) is 75.8 Å². The van der Waals surface area contributed by atoms with E-state index in [0.717, 1.165) is 11.1 Å². The van der Waals surface area contributed by atoms with Crippen LogP contribution in [0.1, 0.15) is 109 Å². The van der Waals surface area contributed by atoms with Gasteiger partial charge in [-0.15, -0.1) is 0 Å². The van der Waals surface area contributed by atoms with Crippen molar-refractivity contribution in [2.24, 2.45) is 17.6 Å². The van der Waals surface area contributed by atoms with Gasteiger partial charge in [0.25, 0.3) is 0 Å². The standard InChI is InChI=1S/C52H78N10O10/c1-11-37(45(65)54-10)57-51(71)44(30(5)6)61-43(64)28-55-46(66)40(26-34-19-15-31(7)16-20-34)59-49(69)41(27-35-21-17-32(8)18-22-35)60-48(68)39(25-33(9)63)58-47(67)38(12-2)56-50(70)42-14-13-23-62(42)52(72)36(53)24-29(3)4/h15-22,29-30,36-42,44H,11-14,23-28,53H2,1-10H3,(H,54,65)(H,55,66)(H,56,70)(H,57,71)(H,58,67)(H,59,69)(H,60,68)(H,61,64)/t36-,37-,38-,39-,40-,41-,42-,44-/m0/s1. The fraction of sp³-hybridized carbons (Fsp3) is 0.577. The monoisotopic (exact) mass is 1000 g/mol. The van der Waals surface area contributed by atoms with E-state index in [0.29, 0.717) is 43.4 Å². The molecule has 3 rings (SSSR count). The van der Waals surface area contributed by atoms with E-state index in [2.05, 4.69) is 42.5 Å². The van der Waals surface area contributed by atoms with E-state index in [4.69, 9.17) is 5.73 Å². The van der Waals surface area contributed by atoms with E-state index >= 15 is 0 Å². The van der Waals surface area contributed by atoms with Crippen molar-refractivity contribution in [1.29, 1.82) is 0 Å². The molecular weight excluding hydrogens is 925 g/mol. The number of nitrogens with zero attached hydrogens (tertiary/aromatic N) is 1. The van der Waals surface area contributed by atoms with Crippen LogP contribution in [0.2, 0.25) is 0 Å². The normalized spacial score (nSPS) is 16.2. The highest BCUT2D eigenvalue weighted by Gasteiger charge is 2.39. The zero-order valence-corrected chi connectivity index (χ0v) is 43.6. The lowest BCUT2D eigenvalue weighted by atomic mass is 10.0. The molecule has 20 nitrogen and oxygen atoms in total. The number of Topliss-reactive ketones (excluding diaryl/α,β-unsaturated/α-hetero) is 1. The van der Waals surface area contributed by atoms with E-state index in [1.54, 1.807) is 52.0 Å². The number of carbonyl (C=O) groups is 10. The van der Waals surface area contributed by atoms with Gasteiger partial charge in [0.05, 0.1) is 12.6 Å². The summed E-state index contributed by atoms with van der Waals surface area (Å²) in [5.74, 6) is -6.52. The average molecular weight is 1000 g/mol. The number of nitrogens with one attached hydrogen (secondary N) is 8. The number of benzene rings is 2. The number of hydrogen-bond donors (Lipinski definition) is 9. The van der Waals surface area contributed by atoms with Crippen LogP contribution in [0, 0.1) is 25.7 Å². The Labute approximate surface area is 423 Å². The molecule has 0 unspecified atom stereocenters. The molecule has 0 saturated carbocycles. The predicted octanol–water partition coefficient (Wildman–Crippen LogP) is 0.679. The van der Waals surface area contributed by atoms with Crippen LogP contribution in [0.4, 0.5) is 0 Å². The molecule has 9 amide bonds. The van der Waals surface area contributed by atoms with Crippen molar-refractivity contribution < 1.29 is 47.9 Å². The summed E-state index contributed by atoms with van der Waals surface area (Å²) in [5.41, 5.74) is 9.35. The van der Waals surface area contributed by atoms with Crippen LogP contribution in [0.25, 0.3) is 0 Å². The molecule has 0 spiro atoms. The average Bonchev–Trinajstić information content (AvgIpc) is 3.83. The van der Waals surface area contributed by atoms with Gasteiger partial charge in [-0.25, -0.2) is 0 Å². The third-order valence-electron chi connectivity index (χ3n) is 12.4. The van der Waals surface area contributed by atoms with Crippen molar-refractivity contribution in [3.8, 4) is 0 Å². The lowest BCUT2D eigenvalue weighted by Gasteiger charge is -2.29. The number of hydrogen-bond acceptors (Lipinski definition) is 11. The molecule has 8 atom stereocenters. The number of nitrogens with two attached hydrogens (primary N) is 1. The topological polar surface area (TPSA) is 296 Å². The molecule has 1 aliphatic heterocycles. The first-order valence-corrected chi connectivity index (χ1v) is 24.9. The third-order valence-corrected chi connectivity index (χ3v) is 12.4. The first-order valence-electron chi connectivity index (χ1n) is 24.9. The summed E-state index contributed by atoms with van der Waals surface area (Å²) in [5, 5.41) is 21.1. The van der Waals surface area contributed by atoms with Gasteiger partial charge in [-0.3, -0.25) is 47.9 Å². The second-order valence-electron chi connectivity index (χ2n) is 19.5. The molecule has 2 aromatic carbocycles. The van der Waals surface area contributed by atoms with Gasteiger partial charge < -0.3 is 53.2 Å². The maximum Gasteiger partial charge on any atom is 0.243 e. The van der Waals surface area contributed by atoms with Gasteiger partial charge in [0.1, 0.15) is 48.1 Å². The smallest absolute Gasteiger partial charge is 0.243 e. The summed E-state index contributed by atoms with van der Waals surface area (Å²) in [6.45, 7) is 15.4. The van der Waals surface area contributed by atoms with Crippen LogP contribution in [0.5, 0.6) is 0 Å². The van der Waals surface area contributed by atoms with Crippen molar-refractivity contribution in [3.63, 3.8) is 0 Å². The molecule has 20 heteroatoms. The maximum absolute atomic E-state index is 14.5. The molecule has 10 N–H and O–H groups in total. The summed E-state index contributed by atoms with van der Waals surface area (Å²) >= 11 is 0. The Morgan fingerprint density at radius 1 is 0.625 bits per heavy atom. The van der Waals surface area contributed by atoms with E-state index in [9.17, 15) is 47.9 Å². The largest absolute Gasteiger partial charge is 0.357 e. The highest BCUT2D eigenvalue weighted by molar-refractivity contribution is 5.99. The zero-order valence-electron chi connectivity index (χ0n) is 43.6. The first kappa shape index (κ1) is 59.6. The lowest BCUT2D eigenvalue weighted by molar-refractivity contribution is -0.140. The van der Waals surface area contributed by atoms with Crippen molar-refractivity contribution >= 4 is 58.9 Å². The molecule has 1 heterocycles. The Kier molecular flexibility index (Phi) is 24.0. The summed E-state index contributed by atoms with van der Waals surface area (Å²) in [4.78, 5) is 136. The second-order valence-corrected chi connectivity index (χ2v) is 19.5. The molecule has 0 aromatic heterocycles. The van der Waals surface area contributed by atoms with Crippen LogP contribution in [-0.2, 0) is 60.8 Å². The Morgan fingerprint density at radius 2 is 1.10 bits per heavy atom. The minimum absolute atomic E-state index is 0.0374. The molecular formula is C52H78N10O10. The fourth-order valence-corrected chi connectivity index (χ4v) is 8.24. The highest BCUT2D eigenvalue weighted by Crippen LogP contribution is 2.20. The van der Waals surface area contributed by atoms with Gasteiger partial charge in [0, 0.05) is 32.9 Å². The third kappa shape index (κ3) is 18.8. The fourth-order valence-electron chi connectivity index (χ4n) is 8.24. The number of carbonyl (C=O) groups excluding carboxylic acids is 10. The number of likely N-dealkylation sites (tertiary alicyclic amines) is 1. The molecule has 1 fully saturated rings. The summed E-state index contributed by atoms with van der Waals surface area (Å²) in [6, 6.07) is 5.55. The van der Waals surface area contributed by atoms with E-state index in [1.165, 1.54) is 18.9 Å². The lowest BCUT2D eigenvalue weighted by Crippen LogP contribution is -2.60. The van der Waals surface area contributed by atoms with Gasteiger partial charge >= 0.3 is 0 Å². The first-order chi connectivity index (χ1) is 34.0. The Morgan fingerprint density at radius 3 is 1.58 bits per heavy atom. The van der Waals surface area contributed by atoms with Gasteiger partial charge in [-0.2, -0.15) is 0 Å². The van der Waals surface area contributed by atoms with Gasteiger partial charge in [-0.1, -0.05) is 101 Å². The zero-order chi connectivity index (χ0) is 53.8. The SMILES string of the molecule is CC[C@H](NC(=O)[C@@H](NC(=O)CNC(=O)[C@H](Cc1ccc(C)cc1)NC(=O)[C@H](Cc1ccc(C)cc1)NC(=O)[C@H](CC(C)=O)NC(=O)[C@H](CC)NC(=O)[C@@H]1CCCN1C(=O)[C@@H](N)CC(C)C)C(C)C)C(=O)NC. The Bertz CT molecular complexity index is 2220. The van der Waals surface area contributed by atoms with E-state index in [1.807, 2.05) is 52.0 Å². The molecule has 1 aliphatic rings. The second kappa shape index (κ2) is 29.0. The number of amides is 9. The van der Waals surface area contributed by atoms with Crippen molar-refractivity contribution in [1.82, 2.24) is 47.4 Å². The number of aryl methyl sites for hydroxylation is 2. The molecule has 0 aliphatic carbocycles. The van der Waals surface area contributed by atoms with Crippen molar-refractivity contribution in [2.45, 2.75) is 162 Å². The maximum atomic E-state index is 14.5. The molecule has 0 bridgehead atoms. The Balaban J connectivity index is 1.86. The van der Waals surface area contributed by atoms with Crippen LogP contribution in [0.3, 0.4) is 0 Å². The summed E-state index contributed by atoms with van der Waals surface area (Å²) in [6.07, 6.45) is 1.19. The molecule has 1 saturated heterocycles. The molecule has 396 valence electrons. The quantitative estimate of drug-likeness (QED) is 0.0600. The van der Waals surface area contributed by atoms with Gasteiger partial charge in [0.2, 0.25) is 53.2 Å². The van der Waals surface area contributed by atoms with Gasteiger partial charge in [0.15, 0.2) is 0 Å². The number of rotatable bonds is 27. The molecule has 0 radical (unpaired) electrons. The van der Waals surface area contributed by atoms with E-state index < -0.39 is 120 Å².